The number of fused-ring (bicyclic) bond motifs is 4. The number of amides is 3. The molecule has 3 amide bonds. The molecule has 156 valence electrons. The Morgan fingerprint density at radius 3 is 2.55 bits per heavy atom. The number of rotatable bonds is 1. The molecular formula is C20H25ClN4O4. The zero-order valence-electron chi connectivity index (χ0n) is 16.4. The first kappa shape index (κ1) is 20.0. The summed E-state index contributed by atoms with van der Waals surface area (Å²) in [5.74, 6) is -0.415. The van der Waals surface area contributed by atoms with Gasteiger partial charge in [-0.15, -0.1) is 0 Å². The van der Waals surface area contributed by atoms with Crippen LogP contribution >= 0.6 is 11.6 Å². The Bertz CT molecular complexity index is 925. The normalized spacial score (nSPS) is 19.7. The molecule has 1 saturated heterocycles. The molecule has 8 nitrogen and oxygen atoms in total. The van der Waals surface area contributed by atoms with Crippen LogP contribution in [0.15, 0.2) is 10.5 Å². The molecule has 0 bridgehead atoms. The first-order valence-corrected chi connectivity index (χ1v) is 10.4. The van der Waals surface area contributed by atoms with Gasteiger partial charge >= 0.3 is 11.9 Å². The zero-order chi connectivity index (χ0) is 20.4. The fraction of sp³-hybridized carbons (Fsp3) is 0.550. The second-order valence-electron chi connectivity index (χ2n) is 7.60. The largest absolute Gasteiger partial charge is 0.432 e. The van der Waals surface area contributed by atoms with Crippen molar-refractivity contribution >= 4 is 40.3 Å². The van der Waals surface area contributed by atoms with Gasteiger partial charge in [0.2, 0.25) is 0 Å². The first-order valence-electron chi connectivity index (χ1n) is 10.1. The van der Waals surface area contributed by atoms with Gasteiger partial charge in [0.1, 0.15) is 5.52 Å². The maximum absolute atomic E-state index is 12.2. The number of halogens is 1. The smallest absolute Gasteiger partial charge is 0.319 e. The molecule has 2 aliphatic heterocycles. The molecule has 5 rings (SSSR count). The molecule has 9 heteroatoms. The Hall–Kier alpha value is -2.32. The highest BCUT2D eigenvalue weighted by Crippen LogP contribution is 2.48. The van der Waals surface area contributed by atoms with Gasteiger partial charge in [0, 0.05) is 25.8 Å². The second-order valence-corrected chi connectivity index (χ2v) is 8.00. The topological polar surface area (TPSA) is 105 Å². The predicted octanol–water partition coefficient (Wildman–Crippen LogP) is 3.93. The third-order valence-corrected chi connectivity index (χ3v) is 5.96. The van der Waals surface area contributed by atoms with Gasteiger partial charge in [-0.2, -0.15) is 0 Å². The van der Waals surface area contributed by atoms with E-state index in [1.807, 2.05) is 0 Å². The van der Waals surface area contributed by atoms with Crippen LogP contribution in [0.25, 0.3) is 11.1 Å². The van der Waals surface area contributed by atoms with E-state index < -0.39 is 11.4 Å². The molecule has 1 spiro atoms. The zero-order valence-corrected chi connectivity index (χ0v) is 17.2. The van der Waals surface area contributed by atoms with Gasteiger partial charge in [-0.3, -0.25) is 4.79 Å². The average Bonchev–Trinajstić information content (AvgIpc) is 3.41. The van der Waals surface area contributed by atoms with Crippen LogP contribution in [0.2, 0.25) is 5.02 Å². The van der Waals surface area contributed by atoms with Gasteiger partial charge in [0.05, 0.1) is 16.2 Å². The highest BCUT2D eigenvalue weighted by atomic mass is 35.5. The summed E-state index contributed by atoms with van der Waals surface area (Å²) in [6.45, 7) is 2.00. The molecule has 3 N–H and O–H groups in total. The van der Waals surface area contributed by atoms with Crippen molar-refractivity contribution in [2.24, 2.45) is 0 Å². The standard InChI is InChI=1S/C16H17ClN4O3.C4H8O/c1-18-13(22)14-19-9-7-8(17)11-10(12(9)24-14)16(21-15(23)20-11)5-3-2-4-6-16;1-2-4-5-3-1/h7H,2-6H2,1H3,(H,18,22)(H2,20,21,23);1-4H2. The molecule has 1 aliphatic carbocycles. The minimum absolute atomic E-state index is 0.0140. The first-order chi connectivity index (χ1) is 14.0. The monoisotopic (exact) mass is 420 g/mol. The molecule has 1 aromatic carbocycles. The lowest BCUT2D eigenvalue weighted by atomic mass is 9.74. The van der Waals surface area contributed by atoms with Crippen LogP contribution in [0, 0.1) is 0 Å². The number of aromatic nitrogens is 1. The minimum Gasteiger partial charge on any atom is -0.432 e. The van der Waals surface area contributed by atoms with Crippen LogP contribution in [0.5, 0.6) is 0 Å². The number of benzene rings is 1. The van der Waals surface area contributed by atoms with E-state index in [9.17, 15) is 9.59 Å². The van der Waals surface area contributed by atoms with E-state index in [0.717, 1.165) is 50.9 Å². The number of anilines is 1. The molecule has 1 saturated carbocycles. The third kappa shape index (κ3) is 3.79. The Morgan fingerprint density at radius 2 is 1.93 bits per heavy atom. The van der Waals surface area contributed by atoms with E-state index in [2.05, 4.69) is 20.9 Å². The maximum Gasteiger partial charge on any atom is 0.319 e. The molecule has 0 unspecified atom stereocenters. The van der Waals surface area contributed by atoms with E-state index in [1.165, 1.54) is 19.9 Å². The number of nitrogens with zero attached hydrogens (tertiary/aromatic N) is 1. The lowest BCUT2D eigenvalue weighted by molar-refractivity contribution is 0.0930. The average molecular weight is 421 g/mol. The van der Waals surface area contributed by atoms with E-state index >= 15 is 0 Å². The summed E-state index contributed by atoms with van der Waals surface area (Å²) in [7, 11) is 1.52. The number of carbonyl (C=O) groups excluding carboxylic acids is 2. The lowest BCUT2D eigenvalue weighted by Gasteiger charge is -2.42. The lowest BCUT2D eigenvalue weighted by Crippen LogP contribution is -2.52. The fourth-order valence-electron chi connectivity index (χ4n) is 4.28. The highest BCUT2D eigenvalue weighted by Gasteiger charge is 2.44. The van der Waals surface area contributed by atoms with E-state index in [0.29, 0.717) is 21.8 Å². The number of hydrogen-bond donors (Lipinski definition) is 3. The Kier molecular flexibility index (Phi) is 5.65. The summed E-state index contributed by atoms with van der Waals surface area (Å²) in [6.07, 6.45) is 7.30. The Labute approximate surface area is 173 Å². The summed E-state index contributed by atoms with van der Waals surface area (Å²) in [6, 6.07) is 1.35. The molecule has 3 aliphatic rings. The van der Waals surface area contributed by atoms with Crippen LogP contribution < -0.4 is 16.0 Å². The molecule has 2 fully saturated rings. The number of nitrogens with one attached hydrogen (secondary N) is 3. The quantitative estimate of drug-likeness (QED) is 0.648. The van der Waals surface area contributed by atoms with Gasteiger partial charge < -0.3 is 25.1 Å². The summed E-state index contributed by atoms with van der Waals surface area (Å²) in [5.41, 5.74) is 1.84. The summed E-state index contributed by atoms with van der Waals surface area (Å²) in [5, 5.41) is 8.74. The van der Waals surface area contributed by atoms with Crippen LogP contribution in [0.4, 0.5) is 10.5 Å². The molecular weight excluding hydrogens is 396 g/mol. The summed E-state index contributed by atoms with van der Waals surface area (Å²) < 4.78 is 10.7. The molecule has 3 heterocycles. The molecule has 2 aromatic rings. The second kappa shape index (κ2) is 8.20. The number of ether oxygens (including phenoxy) is 1. The van der Waals surface area contributed by atoms with Gasteiger partial charge in [-0.1, -0.05) is 30.9 Å². The van der Waals surface area contributed by atoms with Crippen molar-refractivity contribution < 1.29 is 18.7 Å². The van der Waals surface area contributed by atoms with E-state index in [4.69, 9.17) is 20.8 Å². The number of hydrogen-bond acceptors (Lipinski definition) is 5. The van der Waals surface area contributed by atoms with Gasteiger partial charge in [-0.25, -0.2) is 9.78 Å². The van der Waals surface area contributed by atoms with Crippen molar-refractivity contribution in [1.29, 1.82) is 0 Å². The van der Waals surface area contributed by atoms with Gasteiger partial charge in [0.15, 0.2) is 5.58 Å². The molecule has 0 atom stereocenters. The van der Waals surface area contributed by atoms with Crippen molar-refractivity contribution in [1.82, 2.24) is 15.6 Å². The SMILES string of the molecule is C1CCOC1.CNC(=O)c1nc2cc(Cl)c3c(c2o1)C1(CCCCC1)NC(=O)N3. The highest BCUT2D eigenvalue weighted by molar-refractivity contribution is 6.35. The number of oxazole rings is 1. The minimum atomic E-state index is -0.529. The van der Waals surface area contributed by atoms with Crippen molar-refractivity contribution in [3.63, 3.8) is 0 Å². The summed E-state index contributed by atoms with van der Waals surface area (Å²) in [4.78, 5) is 28.3. The Balaban J connectivity index is 0.000000359. The maximum atomic E-state index is 12.2. The fourth-order valence-corrected chi connectivity index (χ4v) is 4.53. The van der Waals surface area contributed by atoms with Crippen LogP contribution in [0.1, 0.15) is 61.2 Å². The molecule has 29 heavy (non-hydrogen) atoms. The van der Waals surface area contributed by atoms with Crippen LogP contribution in [0.3, 0.4) is 0 Å². The van der Waals surface area contributed by atoms with Gasteiger partial charge in [0.25, 0.3) is 5.89 Å². The van der Waals surface area contributed by atoms with Crippen molar-refractivity contribution in [2.45, 2.75) is 50.5 Å². The molecule has 0 radical (unpaired) electrons. The van der Waals surface area contributed by atoms with E-state index in [1.54, 1.807) is 6.07 Å². The van der Waals surface area contributed by atoms with Gasteiger partial charge in [-0.05, 0) is 31.7 Å². The van der Waals surface area contributed by atoms with E-state index in [-0.39, 0.29) is 11.9 Å². The van der Waals surface area contributed by atoms with Crippen molar-refractivity contribution in [2.75, 3.05) is 25.6 Å². The van der Waals surface area contributed by atoms with Crippen molar-refractivity contribution in [3.8, 4) is 0 Å². The van der Waals surface area contributed by atoms with Crippen LogP contribution in [-0.4, -0.2) is 37.2 Å². The Morgan fingerprint density at radius 1 is 1.21 bits per heavy atom. The number of carbonyl (C=O) groups is 2. The predicted molar refractivity (Wildman–Crippen MR) is 109 cm³/mol. The number of urea groups is 1. The third-order valence-electron chi connectivity index (χ3n) is 5.66. The van der Waals surface area contributed by atoms with Crippen molar-refractivity contribution in [3.05, 3.63) is 22.5 Å². The molecule has 1 aromatic heterocycles. The van der Waals surface area contributed by atoms with Crippen LogP contribution in [-0.2, 0) is 10.3 Å². The summed E-state index contributed by atoms with van der Waals surface area (Å²) >= 11 is 6.39.